The fourth-order valence-corrected chi connectivity index (χ4v) is 1.90. The maximum atomic E-state index is 10.9. The molecule has 0 saturated carbocycles. The van der Waals surface area contributed by atoms with Crippen molar-refractivity contribution in [3.63, 3.8) is 0 Å². The fourth-order valence-electron chi connectivity index (χ4n) is 1.84. The maximum absolute atomic E-state index is 10.9. The van der Waals surface area contributed by atoms with Crippen LogP contribution in [0.5, 0.6) is 0 Å². The van der Waals surface area contributed by atoms with Gasteiger partial charge in [-0.3, -0.25) is 0 Å². The standard InChI is InChI=1S/C14H28ClNO2.Na.H/c1-2-3-4-5-6-7-8-9-10-11-12-18-14(17)13(15)16;;/h13H,2-12,16H2,1H3;;/q;+1;-1. The molecule has 0 radical (unpaired) electrons. The molecule has 1 atom stereocenters. The Kier molecular flexibility index (Phi) is 19.4. The zero-order chi connectivity index (χ0) is 13.6. The topological polar surface area (TPSA) is 52.3 Å². The van der Waals surface area contributed by atoms with Crippen molar-refractivity contribution in [2.45, 2.75) is 76.6 Å². The average Bonchev–Trinajstić information content (AvgIpc) is 2.35. The van der Waals surface area contributed by atoms with Gasteiger partial charge in [-0.05, 0) is 6.42 Å². The normalized spacial score (nSPS) is 11.7. The van der Waals surface area contributed by atoms with Crippen LogP contribution in [-0.2, 0) is 9.53 Å². The summed E-state index contributed by atoms with van der Waals surface area (Å²) >= 11 is 5.36. The number of hydrogen-bond acceptors (Lipinski definition) is 3. The van der Waals surface area contributed by atoms with Gasteiger partial charge in [-0.1, -0.05) is 76.3 Å². The first-order valence-corrected chi connectivity index (χ1v) is 7.68. The average molecular weight is 302 g/mol. The molecule has 0 bridgehead atoms. The van der Waals surface area contributed by atoms with Gasteiger partial charge in [0.25, 0.3) is 0 Å². The molecule has 3 nitrogen and oxygen atoms in total. The Morgan fingerprint density at radius 2 is 1.47 bits per heavy atom. The van der Waals surface area contributed by atoms with Crippen molar-refractivity contribution in [3.8, 4) is 0 Å². The molecule has 0 aromatic rings. The number of esters is 1. The van der Waals surface area contributed by atoms with Crippen LogP contribution in [0.2, 0.25) is 0 Å². The minimum Gasteiger partial charge on any atom is -1.00 e. The van der Waals surface area contributed by atoms with Crippen LogP contribution in [0, 0.1) is 0 Å². The minimum atomic E-state index is -1.02. The molecule has 0 aromatic carbocycles. The summed E-state index contributed by atoms with van der Waals surface area (Å²) < 4.78 is 4.88. The van der Waals surface area contributed by atoms with E-state index in [1.165, 1.54) is 51.4 Å². The Hall–Kier alpha value is 0.720. The van der Waals surface area contributed by atoms with Gasteiger partial charge >= 0.3 is 35.5 Å². The number of hydrogen-bond donors (Lipinski definition) is 1. The van der Waals surface area contributed by atoms with E-state index in [4.69, 9.17) is 22.1 Å². The second kappa shape index (κ2) is 16.8. The zero-order valence-electron chi connectivity index (χ0n) is 13.6. The number of ether oxygens (including phenoxy) is 1. The number of rotatable bonds is 12. The van der Waals surface area contributed by atoms with E-state index in [-0.39, 0.29) is 31.0 Å². The third-order valence-electron chi connectivity index (χ3n) is 2.97. The molecule has 0 heterocycles. The number of halogens is 1. The van der Waals surface area contributed by atoms with Crippen molar-refractivity contribution in [2.24, 2.45) is 5.73 Å². The monoisotopic (exact) mass is 301 g/mol. The van der Waals surface area contributed by atoms with Gasteiger partial charge in [0, 0.05) is 0 Å². The van der Waals surface area contributed by atoms with Gasteiger partial charge in [0.05, 0.1) is 6.61 Å². The largest absolute Gasteiger partial charge is 1.00 e. The molecule has 2 N–H and O–H groups in total. The van der Waals surface area contributed by atoms with E-state index in [0.29, 0.717) is 6.61 Å². The Morgan fingerprint density at radius 3 is 1.89 bits per heavy atom. The van der Waals surface area contributed by atoms with Crippen molar-refractivity contribution in [3.05, 3.63) is 0 Å². The van der Waals surface area contributed by atoms with Crippen LogP contribution in [0.1, 0.15) is 72.6 Å². The molecule has 0 aliphatic carbocycles. The van der Waals surface area contributed by atoms with Crippen molar-refractivity contribution >= 4 is 17.6 Å². The summed E-state index contributed by atoms with van der Waals surface area (Å²) in [5.41, 5.74) is 4.14. The van der Waals surface area contributed by atoms with Crippen molar-refractivity contribution < 1.29 is 40.5 Å². The summed E-state index contributed by atoms with van der Waals surface area (Å²) in [5, 5.41) is 0. The third kappa shape index (κ3) is 16.7. The van der Waals surface area contributed by atoms with Gasteiger partial charge in [0.1, 0.15) is 0 Å². The molecule has 0 aliphatic rings. The second-order valence-electron chi connectivity index (χ2n) is 4.75. The first-order valence-electron chi connectivity index (χ1n) is 7.24. The summed E-state index contributed by atoms with van der Waals surface area (Å²) in [6.45, 7) is 2.68. The second-order valence-corrected chi connectivity index (χ2v) is 5.22. The van der Waals surface area contributed by atoms with Gasteiger partial charge in [0.15, 0.2) is 5.50 Å². The van der Waals surface area contributed by atoms with Crippen molar-refractivity contribution in [1.29, 1.82) is 0 Å². The molecule has 0 spiro atoms. The van der Waals surface area contributed by atoms with Crippen LogP contribution in [0.15, 0.2) is 0 Å². The zero-order valence-corrected chi connectivity index (χ0v) is 15.4. The molecule has 0 fully saturated rings. The number of alkyl halides is 1. The SMILES string of the molecule is CCCCCCCCCCCCOC(=O)C(N)Cl.[H-].[Na+]. The summed E-state index contributed by atoms with van der Waals surface area (Å²) in [4.78, 5) is 10.9. The Bertz CT molecular complexity index is 210. The summed E-state index contributed by atoms with van der Waals surface area (Å²) in [6.07, 6.45) is 12.6. The van der Waals surface area contributed by atoms with E-state index in [0.717, 1.165) is 12.8 Å². The van der Waals surface area contributed by atoms with Gasteiger partial charge in [-0.2, -0.15) is 0 Å². The molecular formula is C14H29ClNNaO2. The van der Waals surface area contributed by atoms with Gasteiger partial charge in [-0.15, -0.1) is 0 Å². The van der Waals surface area contributed by atoms with Crippen LogP contribution in [0.3, 0.4) is 0 Å². The third-order valence-corrected chi connectivity index (χ3v) is 3.15. The Balaban J connectivity index is -0.00000144. The molecule has 0 rings (SSSR count). The molecule has 0 saturated heterocycles. The Morgan fingerprint density at radius 1 is 1.05 bits per heavy atom. The van der Waals surface area contributed by atoms with Gasteiger partial charge in [0.2, 0.25) is 0 Å². The summed E-state index contributed by atoms with van der Waals surface area (Å²) in [6, 6.07) is 0. The van der Waals surface area contributed by atoms with E-state index < -0.39 is 11.5 Å². The van der Waals surface area contributed by atoms with Gasteiger partial charge < -0.3 is 11.9 Å². The van der Waals surface area contributed by atoms with E-state index in [1.54, 1.807) is 0 Å². The molecular weight excluding hydrogens is 273 g/mol. The number of nitrogens with two attached hydrogens (primary N) is 1. The molecule has 0 amide bonds. The molecule has 1 unspecified atom stereocenters. The number of carbonyl (C=O) groups excluding carboxylic acids is 1. The van der Waals surface area contributed by atoms with E-state index >= 15 is 0 Å². The van der Waals surface area contributed by atoms with Crippen molar-refractivity contribution in [2.75, 3.05) is 6.61 Å². The smallest absolute Gasteiger partial charge is 1.00 e. The first-order chi connectivity index (χ1) is 8.68. The maximum Gasteiger partial charge on any atom is 1.00 e. The quantitative estimate of drug-likeness (QED) is 0.193. The Labute approximate surface area is 146 Å². The molecule has 19 heavy (non-hydrogen) atoms. The van der Waals surface area contributed by atoms with Crippen molar-refractivity contribution in [1.82, 2.24) is 0 Å². The number of carbonyl (C=O) groups is 1. The molecule has 110 valence electrons. The number of unbranched alkanes of at least 4 members (excludes halogenated alkanes) is 9. The fraction of sp³-hybridized carbons (Fsp3) is 0.929. The predicted octanol–water partition coefficient (Wildman–Crippen LogP) is 1.09. The summed E-state index contributed by atoms with van der Waals surface area (Å²) in [5.74, 6) is -0.521. The van der Waals surface area contributed by atoms with Crippen LogP contribution in [0.4, 0.5) is 0 Å². The first kappa shape index (κ1) is 22.0. The molecule has 0 aromatic heterocycles. The molecule has 5 heteroatoms. The molecule has 0 aliphatic heterocycles. The van der Waals surface area contributed by atoms with Crippen LogP contribution >= 0.6 is 11.6 Å². The van der Waals surface area contributed by atoms with Crippen LogP contribution in [-0.4, -0.2) is 18.1 Å². The van der Waals surface area contributed by atoms with E-state index in [9.17, 15) is 4.79 Å². The van der Waals surface area contributed by atoms with Crippen LogP contribution in [0.25, 0.3) is 0 Å². The van der Waals surface area contributed by atoms with Gasteiger partial charge in [-0.25, -0.2) is 4.79 Å². The van der Waals surface area contributed by atoms with E-state index in [1.807, 2.05) is 0 Å². The summed E-state index contributed by atoms with van der Waals surface area (Å²) in [7, 11) is 0. The van der Waals surface area contributed by atoms with Crippen LogP contribution < -0.4 is 35.3 Å². The minimum absolute atomic E-state index is 0. The van der Waals surface area contributed by atoms with E-state index in [2.05, 4.69) is 6.92 Å². The predicted molar refractivity (Wildman–Crippen MR) is 77.7 cm³/mol.